The molecule has 1 N–H and O–H groups in total. The molecule has 0 unspecified atom stereocenters. The SMILES string of the molecule is O=[C]CCN1CCN(C(=O)Nc2ccccc2)CC1. The Kier molecular flexibility index (Phi) is 4.92. The molecule has 1 aromatic carbocycles. The fraction of sp³-hybridized carbons (Fsp3) is 0.429. The second kappa shape index (κ2) is 6.89. The summed E-state index contributed by atoms with van der Waals surface area (Å²) in [6.45, 7) is 3.74. The summed E-state index contributed by atoms with van der Waals surface area (Å²) in [7, 11) is 0. The van der Waals surface area contributed by atoms with Crippen molar-refractivity contribution in [2.75, 3.05) is 38.0 Å². The van der Waals surface area contributed by atoms with Gasteiger partial charge in [-0.2, -0.15) is 0 Å². The molecule has 2 amide bonds. The average Bonchev–Trinajstić information content (AvgIpc) is 2.46. The van der Waals surface area contributed by atoms with Crippen LogP contribution in [0.15, 0.2) is 30.3 Å². The van der Waals surface area contributed by atoms with Gasteiger partial charge in [0.25, 0.3) is 0 Å². The Morgan fingerprint density at radius 2 is 1.84 bits per heavy atom. The predicted octanol–water partition coefficient (Wildman–Crippen LogP) is 1.34. The van der Waals surface area contributed by atoms with Gasteiger partial charge in [0.15, 0.2) is 6.29 Å². The number of hydrogen-bond acceptors (Lipinski definition) is 3. The lowest BCUT2D eigenvalue weighted by atomic mass is 10.3. The minimum absolute atomic E-state index is 0.0622. The standard InChI is InChI=1S/C14H18N3O2/c18-12-4-7-16-8-10-17(11-9-16)14(19)15-13-5-2-1-3-6-13/h1-3,5-6H,4,7-11H2,(H,15,19). The van der Waals surface area contributed by atoms with Crippen LogP contribution in [-0.4, -0.2) is 54.8 Å². The van der Waals surface area contributed by atoms with Crippen molar-refractivity contribution in [3.05, 3.63) is 30.3 Å². The van der Waals surface area contributed by atoms with Crippen LogP contribution in [0.5, 0.6) is 0 Å². The minimum atomic E-state index is -0.0622. The minimum Gasteiger partial charge on any atom is -0.322 e. The van der Waals surface area contributed by atoms with E-state index in [1.165, 1.54) is 0 Å². The summed E-state index contributed by atoms with van der Waals surface area (Å²) in [5.41, 5.74) is 0.811. The molecule has 1 fully saturated rings. The van der Waals surface area contributed by atoms with Crippen LogP contribution in [0.2, 0.25) is 0 Å². The highest BCUT2D eigenvalue weighted by molar-refractivity contribution is 5.89. The van der Waals surface area contributed by atoms with Crippen LogP contribution in [0.25, 0.3) is 0 Å². The first-order chi connectivity index (χ1) is 9.29. The normalized spacial score (nSPS) is 16.1. The fourth-order valence-corrected chi connectivity index (χ4v) is 2.10. The molecule has 1 aromatic rings. The van der Waals surface area contributed by atoms with Crippen molar-refractivity contribution in [1.82, 2.24) is 9.80 Å². The van der Waals surface area contributed by atoms with Crippen LogP contribution < -0.4 is 5.32 Å². The van der Waals surface area contributed by atoms with Crippen LogP contribution in [0.3, 0.4) is 0 Å². The topological polar surface area (TPSA) is 52.7 Å². The van der Waals surface area contributed by atoms with Crippen molar-refractivity contribution >= 4 is 18.0 Å². The third-order valence-corrected chi connectivity index (χ3v) is 3.21. The van der Waals surface area contributed by atoms with Gasteiger partial charge in [-0.15, -0.1) is 0 Å². The van der Waals surface area contributed by atoms with E-state index < -0.39 is 0 Å². The summed E-state index contributed by atoms with van der Waals surface area (Å²) in [5, 5.41) is 2.88. The number of benzene rings is 1. The first kappa shape index (κ1) is 13.5. The Labute approximate surface area is 113 Å². The number of hydrogen-bond donors (Lipinski definition) is 1. The number of para-hydroxylation sites is 1. The van der Waals surface area contributed by atoms with Gasteiger partial charge in [0.2, 0.25) is 0 Å². The molecule has 0 aromatic heterocycles. The molecule has 1 saturated heterocycles. The van der Waals surface area contributed by atoms with E-state index in [2.05, 4.69) is 10.2 Å². The molecule has 5 nitrogen and oxygen atoms in total. The number of anilines is 1. The van der Waals surface area contributed by atoms with Gasteiger partial charge in [0.1, 0.15) is 0 Å². The van der Waals surface area contributed by atoms with Crippen molar-refractivity contribution < 1.29 is 9.59 Å². The lowest BCUT2D eigenvalue weighted by Crippen LogP contribution is -2.50. The highest BCUT2D eigenvalue weighted by Crippen LogP contribution is 2.08. The Bertz CT molecular complexity index is 414. The number of amides is 2. The van der Waals surface area contributed by atoms with Gasteiger partial charge in [-0.3, -0.25) is 9.69 Å². The van der Waals surface area contributed by atoms with Gasteiger partial charge in [-0.1, -0.05) is 18.2 Å². The van der Waals surface area contributed by atoms with Crippen molar-refractivity contribution in [2.24, 2.45) is 0 Å². The molecule has 19 heavy (non-hydrogen) atoms. The zero-order valence-electron chi connectivity index (χ0n) is 10.8. The van der Waals surface area contributed by atoms with E-state index >= 15 is 0 Å². The molecule has 1 aliphatic rings. The van der Waals surface area contributed by atoms with Gasteiger partial charge in [-0.05, 0) is 12.1 Å². The molecule has 0 spiro atoms. The summed E-state index contributed by atoms with van der Waals surface area (Å²) >= 11 is 0. The summed E-state index contributed by atoms with van der Waals surface area (Å²) in [6, 6.07) is 9.38. The number of rotatable bonds is 4. The Balaban J connectivity index is 1.78. The van der Waals surface area contributed by atoms with Crippen LogP contribution in [0.4, 0.5) is 10.5 Å². The largest absolute Gasteiger partial charge is 0.322 e. The molecule has 0 saturated carbocycles. The van der Waals surface area contributed by atoms with Gasteiger partial charge >= 0.3 is 6.03 Å². The molecule has 2 rings (SSSR count). The first-order valence-corrected chi connectivity index (χ1v) is 6.48. The van der Waals surface area contributed by atoms with E-state index in [1.807, 2.05) is 36.6 Å². The Morgan fingerprint density at radius 1 is 1.16 bits per heavy atom. The van der Waals surface area contributed by atoms with Crippen molar-refractivity contribution in [3.63, 3.8) is 0 Å². The Morgan fingerprint density at radius 3 is 2.47 bits per heavy atom. The maximum absolute atomic E-state index is 12.0. The third kappa shape index (κ3) is 4.06. The lowest BCUT2D eigenvalue weighted by molar-refractivity contribution is 0.149. The maximum atomic E-state index is 12.0. The third-order valence-electron chi connectivity index (χ3n) is 3.21. The number of nitrogens with zero attached hydrogens (tertiary/aromatic N) is 2. The van der Waals surface area contributed by atoms with Crippen LogP contribution in [-0.2, 0) is 4.79 Å². The van der Waals surface area contributed by atoms with Gasteiger partial charge in [0.05, 0.1) is 0 Å². The van der Waals surface area contributed by atoms with Crippen molar-refractivity contribution in [1.29, 1.82) is 0 Å². The molecule has 1 heterocycles. The fourth-order valence-electron chi connectivity index (χ4n) is 2.10. The molecular weight excluding hydrogens is 242 g/mol. The summed E-state index contributed by atoms with van der Waals surface area (Å²) in [6.07, 6.45) is 2.34. The van der Waals surface area contributed by atoms with Gasteiger partial charge in [-0.25, -0.2) is 4.79 Å². The monoisotopic (exact) mass is 260 g/mol. The molecular formula is C14H18N3O2. The molecule has 5 heteroatoms. The van der Waals surface area contributed by atoms with E-state index in [-0.39, 0.29) is 6.03 Å². The van der Waals surface area contributed by atoms with Crippen LogP contribution in [0, 0.1) is 0 Å². The van der Waals surface area contributed by atoms with Gasteiger partial charge in [0, 0.05) is 44.8 Å². The molecule has 1 radical (unpaired) electrons. The number of carbonyl (C=O) groups excluding carboxylic acids is 2. The molecule has 1 aliphatic heterocycles. The number of piperazine rings is 1. The number of carbonyl (C=O) groups is 1. The summed E-state index contributed by atoms with van der Waals surface area (Å²) in [4.78, 5) is 26.2. The predicted molar refractivity (Wildman–Crippen MR) is 73.8 cm³/mol. The summed E-state index contributed by atoms with van der Waals surface area (Å²) in [5.74, 6) is 0. The van der Waals surface area contributed by atoms with Gasteiger partial charge < -0.3 is 10.2 Å². The Hall–Kier alpha value is -1.88. The quantitative estimate of drug-likeness (QED) is 0.888. The van der Waals surface area contributed by atoms with E-state index in [9.17, 15) is 9.59 Å². The second-order valence-corrected chi connectivity index (χ2v) is 4.52. The molecule has 101 valence electrons. The zero-order chi connectivity index (χ0) is 13.5. The highest BCUT2D eigenvalue weighted by Gasteiger charge is 2.20. The highest BCUT2D eigenvalue weighted by atomic mass is 16.2. The number of nitrogens with one attached hydrogen (secondary N) is 1. The average molecular weight is 260 g/mol. The van der Waals surface area contributed by atoms with E-state index in [0.717, 1.165) is 25.3 Å². The van der Waals surface area contributed by atoms with Crippen molar-refractivity contribution in [3.8, 4) is 0 Å². The van der Waals surface area contributed by atoms with Crippen molar-refractivity contribution in [2.45, 2.75) is 6.42 Å². The smallest absolute Gasteiger partial charge is 0.321 e. The van der Waals surface area contributed by atoms with E-state index in [1.54, 1.807) is 4.90 Å². The van der Waals surface area contributed by atoms with Crippen LogP contribution >= 0.6 is 0 Å². The molecule has 0 atom stereocenters. The zero-order valence-corrected chi connectivity index (χ0v) is 10.8. The number of urea groups is 1. The van der Waals surface area contributed by atoms with E-state index in [4.69, 9.17) is 0 Å². The summed E-state index contributed by atoms with van der Waals surface area (Å²) < 4.78 is 0. The van der Waals surface area contributed by atoms with Crippen LogP contribution in [0.1, 0.15) is 6.42 Å². The second-order valence-electron chi connectivity index (χ2n) is 4.52. The lowest BCUT2D eigenvalue weighted by Gasteiger charge is -2.34. The maximum Gasteiger partial charge on any atom is 0.321 e. The molecule has 0 bridgehead atoms. The molecule has 0 aliphatic carbocycles. The first-order valence-electron chi connectivity index (χ1n) is 6.48. The van der Waals surface area contributed by atoms with E-state index in [0.29, 0.717) is 19.5 Å².